The summed E-state index contributed by atoms with van der Waals surface area (Å²) < 4.78 is 0. The Morgan fingerprint density at radius 2 is 2.11 bits per heavy atom. The zero-order valence-electron chi connectivity index (χ0n) is 10.9. The molecule has 0 saturated carbocycles. The second-order valence-electron chi connectivity index (χ2n) is 5.26. The van der Waals surface area contributed by atoms with E-state index in [-0.39, 0.29) is 5.56 Å². The van der Waals surface area contributed by atoms with Gasteiger partial charge in [0.25, 0.3) is 0 Å². The first-order chi connectivity index (χ1) is 8.49. The number of carbonyl (C=O) groups is 1. The molecule has 1 aromatic rings. The first kappa shape index (κ1) is 12.7. The van der Waals surface area contributed by atoms with Crippen LogP contribution in [0.3, 0.4) is 0 Å². The van der Waals surface area contributed by atoms with Gasteiger partial charge in [0, 0.05) is 12.6 Å². The molecule has 18 heavy (non-hydrogen) atoms. The fourth-order valence-electron chi connectivity index (χ4n) is 2.57. The largest absolute Gasteiger partial charge is 0.478 e. The van der Waals surface area contributed by atoms with Crippen LogP contribution in [-0.4, -0.2) is 23.7 Å². The van der Waals surface area contributed by atoms with Crippen molar-refractivity contribution in [2.45, 2.75) is 32.7 Å². The minimum absolute atomic E-state index is 0.244. The maximum atomic E-state index is 10.9. The lowest BCUT2D eigenvalue weighted by molar-refractivity contribution is 0.0697. The maximum Gasteiger partial charge on any atom is 0.335 e. The molecule has 0 spiro atoms. The molecule has 1 aromatic carbocycles. The Bertz CT molecular complexity index is 459. The molecule has 0 bridgehead atoms. The summed E-state index contributed by atoms with van der Waals surface area (Å²) in [6, 6.07) is 5.45. The average molecular weight is 248 g/mol. The molecule has 2 rings (SSSR count). The Hall–Kier alpha value is -1.71. The highest BCUT2D eigenvalue weighted by Crippen LogP contribution is 2.32. The van der Waals surface area contributed by atoms with Crippen molar-refractivity contribution in [2.75, 3.05) is 17.2 Å². The van der Waals surface area contributed by atoms with E-state index in [4.69, 9.17) is 10.8 Å². The Morgan fingerprint density at radius 3 is 2.72 bits per heavy atom. The van der Waals surface area contributed by atoms with Crippen LogP contribution in [0.4, 0.5) is 11.4 Å². The Balaban J connectivity index is 2.30. The average Bonchev–Trinajstić information content (AvgIpc) is 2.32. The molecule has 1 fully saturated rings. The predicted molar refractivity (Wildman–Crippen MR) is 73.0 cm³/mol. The monoisotopic (exact) mass is 248 g/mol. The van der Waals surface area contributed by atoms with Gasteiger partial charge in [-0.2, -0.15) is 0 Å². The van der Waals surface area contributed by atoms with Crippen molar-refractivity contribution < 1.29 is 9.90 Å². The van der Waals surface area contributed by atoms with Gasteiger partial charge in [0.2, 0.25) is 0 Å². The van der Waals surface area contributed by atoms with E-state index in [2.05, 4.69) is 18.7 Å². The summed E-state index contributed by atoms with van der Waals surface area (Å²) in [7, 11) is 0. The van der Waals surface area contributed by atoms with Crippen molar-refractivity contribution in [3.05, 3.63) is 23.8 Å². The summed E-state index contributed by atoms with van der Waals surface area (Å²) in [6.45, 7) is 5.41. The highest BCUT2D eigenvalue weighted by atomic mass is 16.4. The van der Waals surface area contributed by atoms with E-state index < -0.39 is 5.97 Å². The van der Waals surface area contributed by atoms with Crippen molar-refractivity contribution in [3.8, 4) is 0 Å². The summed E-state index contributed by atoms with van der Waals surface area (Å²) in [5.74, 6) is -0.284. The molecule has 1 heterocycles. The van der Waals surface area contributed by atoms with Crippen LogP contribution in [0.5, 0.6) is 0 Å². The molecule has 0 aromatic heterocycles. The van der Waals surface area contributed by atoms with Crippen molar-refractivity contribution in [1.29, 1.82) is 0 Å². The Kier molecular flexibility index (Phi) is 3.45. The van der Waals surface area contributed by atoms with Crippen molar-refractivity contribution in [2.24, 2.45) is 5.92 Å². The summed E-state index contributed by atoms with van der Waals surface area (Å²) in [5, 5.41) is 8.94. The van der Waals surface area contributed by atoms with Gasteiger partial charge in [-0.1, -0.05) is 6.92 Å². The molecule has 2 unspecified atom stereocenters. The molecule has 1 aliphatic heterocycles. The molecule has 1 aliphatic rings. The molecule has 0 amide bonds. The zero-order valence-corrected chi connectivity index (χ0v) is 10.9. The molecule has 0 radical (unpaired) electrons. The third-order valence-corrected chi connectivity index (χ3v) is 3.70. The van der Waals surface area contributed by atoms with Gasteiger partial charge in [-0.25, -0.2) is 4.79 Å². The minimum atomic E-state index is -0.937. The number of aromatic carboxylic acids is 1. The predicted octanol–water partition coefficient (Wildman–Crippen LogP) is 2.59. The van der Waals surface area contributed by atoms with Gasteiger partial charge in [-0.05, 0) is 43.9 Å². The fourth-order valence-corrected chi connectivity index (χ4v) is 2.57. The minimum Gasteiger partial charge on any atom is -0.478 e. The number of nitrogens with two attached hydrogens (primary N) is 1. The van der Waals surface area contributed by atoms with E-state index >= 15 is 0 Å². The number of benzene rings is 1. The van der Waals surface area contributed by atoms with Gasteiger partial charge in [0.05, 0.1) is 16.9 Å². The van der Waals surface area contributed by atoms with Crippen LogP contribution in [-0.2, 0) is 0 Å². The van der Waals surface area contributed by atoms with E-state index in [1.165, 1.54) is 6.42 Å². The topological polar surface area (TPSA) is 66.6 Å². The fraction of sp³-hybridized carbons (Fsp3) is 0.500. The molecule has 98 valence electrons. The number of nitrogen functional groups attached to an aromatic ring is 1. The molecule has 4 nitrogen and oxygen atoms in total. The summed E-state index contributed by atoms with van der Waals surface area (Å²) in [6.07, 6.45) is 2.39. The Morgan fingerprint density at radius 1 is 1.39 bits per heavy atom. The second-order valence-corrected chi connectivity index (χ2v) is 5.26. The van der Waals surface area contributed by atoms with Gasteiger partial charge in [0.1, 0.15) is 0 Å². The number of nitrogens with zero attached hydrogens (tertiary/aromatic N) is 1. The lowest BCUT2D eigenvalue weighted by Gasteiger charge is -2.39. The van der Waals surface area contributed by atoms with E-state index in [0.717, 1.165) is 18.7 Å². The van der Waals surface area contributed by atoms with Gasteiger partial charge in [-0.3, -0.25) is 0 Å². The molecule has 3 N–H and O–H groups in total. The van der Waals surface area contributed by atoms with Gasteiger partial charge in [-0.15, -0.1) is 0 Å². The standard InChI is InChI=1S/C14H20N2O2/c1-9-3-4-10(2)16(8-9)13-6-5-11(14(17)18)7-12(13)15/h5-7,9-10H,3-4,8,15H2,1-2H3,(H,17,18). The first-order valence-corrected chi connectivity index (χ1v) is 6.38. The lowest BCUT2D eigenvalue weighted by Crippen LogP contribution is -2.41. The van der Waals surface area contributed by atoms with Crippen LogP contribution < -0.4 is 10.6 Å². The Labute approximate surface area is 107 Å². The number of hydrogen-bond donors (Lipinski definition) is 2. The van der Waals surface area contributed by atoms with Crippen molar-refractivity contribution >= 4 is 17.3 Å². The second kappa shape index (κ2) is 4.88. The number of carboxylic acids is 1. The number of hydrogen-bond acceptors (Lipinski definition) is 3. The van der Waals surface area contributed by atoms with Crippen LogP contribution in [0.2, 0.25) is 0 Å². The van der Waals surface area contributed by atoms with Crippen LogP contribution in [0.25, 0.3) is 0 Å². The first-order valence-electron chi connectivity index (χ1n) is 6.38. The molecular formula is C14H20N2O2. The van der Waals surface area contributed by atoms with E-state index in [9.17, 15) is 4.79 Å². The number of anilines is 2. The van der Waals surface area contributed by atoms with Gasteiger partial charge >= 0.3 is 5.97 Å². The summed E-state index contributed by atoms with van der Waals surface area (Å²) >= 11 is 0. The van der Waals surface area contributed by atoms with Crippen molar-refractivity contribution in [1.82, 2.24) is 0 Å². The van der Waals surface area contributed by atoms with Gasteiger partial charge in [0.15, 0.2) is 0 Å². The van der Waals surface area contributed by atoms with Crippen LogP contribution in [0, 0.1) is 5.92 Å². The van der Waals surface area contributed by atoms with Crippen molar-refractivity contribution in [3.63, 3.8) is 0 Å². The number of carboxylic acid groups (broad SMARTS) is 1. The smallest absolute Gasteiger partial charge is 0.335 e. The normalized spacial score (nSPS) is 24.0. The maximum absolute atomic E-state index is 10.9. The van der Waals surface area contributed by atoms with E-state index in [1.807, 2.05) is 6.07 Å². The lowest BCUT2D eigenvalue weighted by atomic mass is 9.94. The highest BCUT2D eigenvalue weighted by molar-refractivity contribution is 5.90. The third kappa shape index (κ3) is 2.42. The molecule has 1 saturated heterocycles. The van der Waals surface area contributed by atoms with E-state index in [1.54, 1.807) is 12.1 Å². The van der Waals surface area contributed by atoms with Gasteiger partial charge < -0.3 is 15.7 Å². The molecular weight excluding hydrogens is 228 g/mol. The molecule has 2 atom stereocenters. The quantitative estimate of drug-likeness (QED) is 0.789. The van der Waals surface area contributed by atoms with E-state index in [0.29, 0.717) is 17.6 Å². The molecule has 0 aliphatic carbocycles. The van der Waals surface area contributed by atoms with Crippen LogP contribution in [0.15, 0.2) is 18.2 Å². The molecule has 4 heteroatoms. The zero-order chi connectivity index (χ0) is 13.3. The van der Waals surface area contributed by atoms with Crippen LogP contribution >= 0.6 is 0 Å². The third-order valence-electron chi connectivity index (χ3n) is 3.70. The summed E-state index contributed by atoms with van der Waals surface area (Å²) in [4.78, 5) is 13.2. The summed E-state index contributed by atoms with van der Waals surface area (Å²) in [5.41, 5.74) is 7.75. The SMILES string of the molecule is CC1CCC(C)N(c2ccc(C(=O)O)cc2N)C1. The number of rotatable bonds is 2. The highest BCUT2D eigenvalue weighted by Gasteiger charge is 2.24. The van der Waals surface area contributed by atoms with Crippen LogP contribution in [0.1, 0.15) is 37.0 Å². The number of piperidine rings is 1.